The summed E-state index contributed by atoms with van der Waals surface area (Å²) < 4.78 is 26.4. The van der Waals surface area contributed by atoms with E-state index in [-0.39, 0.29) is 12.6 Å². The van der Waals surface area contributed by atoms with Gasteiger partial charge in [0.25, 0.3) is 10.2 Å². The van der Waals surface area contributed by atoms with Crippen molar-refractivity contribution in [2.45, 2.75) is 32.9 Å². The number of hydrogen-bond donors (Lipinski definition) is 2. The van der Waals surface area contributed by atoms with Crippen molar-refractivity contribution < 1.29 is 13.5 Å². The monoisotopic (exact) mass is 210 g/mol. The van der Waals surface area contributed by atoms with E-state index >= 15 is 0 Å². The predicted molar refractivity (Wildman–Crippen MR) is 51.5 cm³/mol. The Bertz CT molecular complexity index is 238. The normalized spacial score (nSPS) is 15.3. The maximum absolute atomic E-state index is 11.4. The minimum atomic E-state index is -3.45. The first-order chi connectivity index (χ1) is 5.81. The summed E-state index contributed by atoms with van der Waals surface area (Å²) in [7, 11) is -1.95. The third-order valence-corrected chi connectivity index (χ3v) is 3.61. The molecule has 13 heavy (non-hydrogen) atoms. The highest BCUT2D eigenvalue weighted by Crippen LogP contribution is 2.01. The fourth-order valence-corrected chi connectivity index (χ4v) is 1.96. The van der Waals surface area contributed by atoms with Gasteiger partial charge < -0.3 is 5.11 Å². The molecule has 0 aliphatic rings. The highest BCUT2D eigenvalue weighted by Gasteiger charge is 2.21. The van der Waals surface area contributed by atoms with Crippen LogP contribution in [0.3, 0.4) is 0 Å². The molecular weight excluding hydrogens is 192 g/mol. The van der Waals surface area contributed by atoms with Crippen molar-refractivity contribution in [3.8, 4) is 0 Å². The molecule has 2 N–H and O–H groups in total. The molecule has 0 saturated carbocycles. The summed E-state index contributed by atoms with van der Waals surface area (Å²) in [6, 6.07) is -0.547. The quantitative estimate of drug-likeness (QED) is 0.645. The molecule has 0 heterocycles. The highest BCUT2D eigenvalue weighted by molar-refractivity contribution is 7.87. The van der Waals surface area contributed by atoms with E-state index in [9.17, 15) is 8.42 Å². The van der Waals surface area contributed by atoms with Gasteiger partial charge in [-0.05, 0) is 20.8 Å². The highest BCUT2D eigenvalue weighted by atomic mass is 32.2. The summed E-state index contributed by atoms with van der Waals surface area (Å²) in [5.74, 6) is 0. The molecule has 0 fully saturated rings. The van der Waals surface area contributed by atoms with Crippen LogP contribution >= 0.6 is 0 Å². The lowest BCUT2D eigenvalue weighted by atomic mass is 10.4. The van der Waals surface area contributed by atoms with Crippen molar-refractivity contribution in [3.05, 3.63) is 0 Å². The van der Waals surface area contributed by atoms with Crippen molar-refractivity contribution >= 4 is 10.2 Å². The van der Waals surface area contributed by atoms with Crippen LogP contribution in [0.25, 0.3) is 0 Å². The number of nitrogens with one attached hydrogen (secondary N) is 1. The third-order valence-electron chi connectivity index (χ3n) is 1.73. The average Bonchev–Trinajstić information content (AvgIpc) is 2.01. The molecule has 0 aliphatic heterocycles. The molecule has 0 rings (SSSR count). The molecule has 0 aromatic heterocycles. The fraction of sp³-hybridized carbons (Fsp3) is 1.00. The second-order valence-electron chi connectivity index (χ2n) is 3.32. The molecular formula is C7H18N2O3S. The van der Waals surface area contributed by atoms with Crippen LogP contribution in [-0.2, 0) is 10.2 Å². The number of nitrogens with zero attached hydrogens (tertiary/aromatic N) is 1. The zero-order valence-electron chi connectivity index (χ0n) is 8.48. The Labute approximate surface area is 79.9 Å². The fourth-order valence-electron chi connectivity index (χ4n) is 0.652. The van der Waals surface area contributed by atoms with Gasteiger partial charge in [0, 0.05) is 19.1 Å². The number of aliphatic hydroxyl groups is 1. The number of aliphatic hydroxyl groups excluding tert-OH is 1. The topological polar surface area (TPSA) is 69.6 Å². The molecule has 0 aliphatic carbocycles. The van der Waals surface area contributed by atoms with Gasteiger partial charge in [-0.2, -0.15) is 17.4 Å². The lowest BCUT2D eigenvalue weighted by Gasteiger charge is -2.23. The zero-order valence-corrected chi connectivity index (χ0v) is 9.30. The molecule has 80 valence electrons. The molecule has 0 unspecified atom stereocenters. The van der Waals surface area contributed by atoms with Crippen molar-refractivity contribution in [2.75, 3.05) is 13.7 Å². The molecule has 0 amide bonds. The van der Waals surface area contributed by atoms with Gasteiger partial charge in [0.1, 0.15) is 0 Å². The van der Waals surface area contributed by atoms with Gasteiger partial charge in [0.15, 0.2) is 0 Å². The summed E-state index contributed by atoms with van der Waals surface area (Å²) in [6.45, 7) is 4.96. The Morgan fingerprint density at radius 2 is 1.85 bits per heavy atom. The van der Waals surface area contributed by atoms with Crippen LogP contribution in [0.1, 0.15) is 20.8 Å². The van der Waals surface area contributed by atoms with E-state index in [4.69, 9.17) is 5.11 Å². The first kappa shape index (κ1) is 12.8. The van der Waals surface area contributed by atoms with E-state index in [0.717, 1.165) is 0 Å². The van der Waals surface area contributed by atoms with Crippen molar-refractivity contribution in [3.63, 3.8) is 0 Å². The minimum absolute atomic E-state index is 0.0941. The van der Waals surface area contributed by atoms with E-state index in [2.05, 4.69) is 4.72 Å². The molecule has 6 heteroatoms. The van der Waals surface area contributed by atoms with Gasteiger partial charge in [-0.1, -0.05) is 0 Å². The minimum Gasteiger partial charge on any atom is -0.395 e. The van der Waals surface area contributed by atoms with Crippen molar-refractivity contribution in [1.82, 2.24) is 9.03 Å². The molecule has 0 aromatic carbocycles. The largest absolute Gasteiger partial charge is 0.395 e. The standard InChI is InChI=1S/C7H18N2O3S/c1-6(2)9(4)13(11,12)8-7(3)5-10/h6-8,10H,5H2,1-4H3/t7-/m1/s1. The molecule has 0 spiro atoms. The number of hydrogen-bond acceptors (Lipinski definition) is 3. The first-order valence-electron chi connectivity index (χ1n) is 4.17. The molecule has 0 bridgehead atoms. The lowest BCUT2D eigenvalue weighted by Crippen LogP contribution is -2.46. The maximum atomic E-state index is 11.4. The van der Waals surface area contributed by atoms with Crippen LogP contribution in [0.5, 0.6) is 0 Å². The molecule has 1 atom stereocenters. The van der Waals surface area contributed by atoms with Crippen LogP contribution in [0.2, 0.25) is 0 Å². The third kappa shape index (κ3) is 4.04. The Morgan fingerprint density at radius 3 is 2.15 bits per heavy atom. The molecule has 0 aromatic rings. The van der Waals surface area contributed by atoms with Crippen LogP contribution in [0.4, 0.5) is 0 Å². The molecule has 0 radical (unpaired) electrons. The lowest BCUT2D eigenvalue weighted by molar-refractivity contribution is 0.262. The van der Waals surface area contributed by atoms with Crippen LogP contribution in [0.15, 0.2) is 0 Å². The van der Waals surface area contributed by atoms with Gasteiger partial charge in [0.2, 0.25) is 0 Å². The number of rotatable bonds is 5. The van der Waals surface area contributed by atoms with Gasteiger partial charge in [-0.15, -0.1) is 0 Å². The second kappa shape index (κ2) is 4.90. The summed E-state index contributed by atoms with van der Waals surface area (Å²) >= 11 is 0. The summed E-state index contributed by atoms with van der Waals surface area (Å²) in [5, 5.41) is 8.67. The summed E-state index contributed by atoms with van der Waals surface area (Å²) in [6.07, 6.45) is 0. The predicted octanol–water partition coefficient (Wildman–Crippen LogP) is -0.458. The molecule has 0 saturated heterocycles. The van der Waals surface area contributed by atoms with Crippen molar-refractivity contribution in [2.24, 2.45) is 0 Å². The summed E-state index contributed by atoms with van der Waals surface area (Å²) in [5.41, 5.74) is 0. The van der Waals surface area contributed by atoms with E-state index in [1.54, 1.807) is 20.8 Å². The smallest absolute Gasteiger partial charge is 0.279 e. The molecule has 5 nitrogen and oxygen atoms in total. The van der Waals surface area contributed by atoms with E-state index < -0.39 is 16.3 Å². The zero-order chi connectivity index (χ0) is 10.6. The Balaban J connectivity index is 4.41. The Hall–Kier alpha value is -0.170. The summed E-state index contributed by atoms with van der Waals surface area (Å²) in [4.78, 5) is 0. The van der Waals surface area contributed by atoms with Gasteiger partial charge >= 0.3 is 0 Å². The Kier molecular flexibility index (Phi) is 4.83. The van der Waals surface area contributed by atoms with Crippen LogP contribution in [-0.4, -0.2) is 43.6 Å². The van der Waals surface area contributed by atoms with E-state index in [1.165, 1.54) is 11.4 Å². The van der Waals surface area contributed by atoms with Crippen LogP contribution < -0.4 is 4.72 Å². The van der Waals surface area contributed by atoms with Crippen molar-refractivity contribution in [1.29, 1.82) is 0 Å². The van der Waals surface area contributed by atoms with E-state index in [1.807, 2.05) is 0 Å². The van der Waals surface area contributed by atoms with Gasteiger partial charge in [-0.25, -0.2) is 0 Å². The van der Waals surface area contributed by atoms with E-state index in [0.29, 0.717) is 0 Å². The Morgan fingerprint density at radius 1 is 1.38 bits per heavy atom. The average molecular weight is 210 g/mol. The van der Waals surface area contributed by atoms with Gasteiger partial charge in [0.05, 0.1) is 6.61 Å². The first-order valence-corrected chi connectivity index (χ1v) is 5.61. The SMILES string of the molecule is CC(C)N(C)S(=O)(=O)N[C@H](C)CO. The van der Waals surface area contributed by atoms with Gasteiger partial charge in [-0.3, -0.25) is 0 Å². The van der Waals surface area contributed by atoms with Crippen LogP contribution in [0, 0.1) is 0 Å². The maximum Gasteiger partial charge on any atom is 0.279 e. The second-order valence-corrected chi connectivity index (χ2v) is 5.08.